The summed E-state index contributed by atoms with van der Waals surface area (Å²) in [7, 11) is 0. The summed E-state index contributed by atoms with van der Waals surface area (Å²) in [4.78, 5) is 4.15. The summed E-state index contributed by atoms with van der Waals surface area (Å²) in [6.07, 6.45) is 1.26. The highest BCUT2D eigenvalue weighted by molar-refractivity contribution is 6.29. The summed E-state index contributed by atoms with van der Waals surface area (Å²) < 4.78 is 0. The van der Waals surface area contributed by atoms with Gasteiger partial charge >= 0.3 is 0 Å². The van der Waals surface area contributed by atoms with Crippen molar-refractivity contribution < 1.29 is 0 Å². The maximum Gasteiger partial charge on any atom is 0.150 e. The number of nitrogens with zero attached hydrogens (tertiary/aromatic N) is 1. The molecule has 1 aliphatic carbocycles. The third-order valence-corrected chi connectivity index (χ3v) is 3.34. The average molecular weight is 226 g/mol. The maximum atomic E-state index is 5.80. The highest BCUT2D eigenvalue weighted by Gasteiger charge is 2.45. The van der Waals surface area contributed by atoms with E-state index in [1.807, 2.05) is 0 Å². The van der Waals surface area contributed by atoms with Gasteiger partial charge in [0.1, 0.15) is 5.15 Å². The van der Waals surface area contributed by atoms with Gasteiger partial charge < -0.3 is 11.1 Å². The monoisotopic (exact) mass is 225 g/mol. The Labute approximate surface area is 95.0 Å². The van der Waals surface area contributed by atoms with Crippen LogP contribution in [0.25, 0.3) is 0 Å². The van der Waals surface area contributed by atoms with Gasteiger partial charge in [0.05, 0.1) is 5.69 Å². The van der Waals surface area contributed by atoms with Crippen molar-refractivity contribution in [3.05, 3.63) is 17.3 Å². The van der Waals surface area contributed by atoms with Crippen LogP contribution in [0.2, 0.25) is 5.15 Å². The lowest BCUT2D eigenvalue weighted by atomic mass is 10.1. The fraction of sp³-hybridized carbons (Fsp3) is 0.545. The van der Waals surface area contributed by atoms with Gasteiger partial charge in [-0.1, -0.05) is 25.4 Å². The van der Waals surface area contributed by atoms with Gasteiger partial charge in [0.2, 0.25) is 0 Å². The first-order chi connectivity index (χ1) is 6.99. The minimum Gasteiger partial charge on any atom is -0.396 e. The predicted octanol–water partition coefficient (Wildman–Crippen LogP) is 2.78. The molecule has 0 amide bonds. The number of aromatic nitrogens is 1. The third-order valence-electron chi connectivity index (χ3n) is 3.13. The van der Waals surface area contributed by atoms with Crippen molar-refractivity contribution in [1.29, 1.82) is 0 Å². The van der Waals surface area contributed by atoms with E-state index in [0.717, 1.165) is 12.5 Å². The predicted molar refractivity (Wildman–Crippen MR) is 64.0 cm³/mol. The molecule has 3 nitrogen and oxygen atoms in total. The van der Waals surface area contributed by atoms with Gasteiger partial charge in [0.15, 0.2) is 5.82 Å². The van der Waals surface area contributed by atoms with E-state index < -0.39 is 0 Å². The Balaban J connectivity index is 1.96. The van der Waals surface area contributed by atoms with Crippen molar-refractivity contribution >= 4 is 23.1 Å². The first kappa shape index (κ1) is 10.6. The van der Waals surface area contributed by atoms with Crippen LogP contribution < -0.4 is 11.1 Å². The smallest absolute Gasteiger partial charge is 0.150 e. The number of nitrogen functional groups attached to an aromatic ring is 1. The molecule has 3 N–H and O–H groups in total. The van der Waals surface area contributed by atoms with E-state index in [1.54, 1.807) is 12.1 Å². The van der Waals surface area contributed by atoms with Gasteiger partial charge in [-0.15, -0.1) is 0 Å². The molecular formula is C11H16ClN3. The lowest BCUT2D eigenvalue weighted by molar-refractivity contribution is 0.573. The second-order valence-electron chi connectivity index (χ2n) is 4.84. The average Bonchev–Trinajstić information content (AvgIpc) is 2.76. The molecule has 1 fully saturated rings. The number of nitrogens with one attached hydrogen (secondary N) is 1. The van der Waals surface area contributed by atoms with Gasteiger partial charge in [-0.2, -0.15) is 0 Å². The SMILES string of the molecule is CC1(C)CC1CNc1nc(Cl)ccc1N. The Hall–Kier alpha value is -0.960. The number of pyridine rings is 1. The zero-order valence-electron chi connectivity index (χ0n) is 9.05. The first-order valence-corrected chi connectivity index (χ1v) is 5.53. The highest BCUT2D eigenvalue weighted by atomic mass is 35.5. The molecule has 0 saturated heterocycles. The minimum absolute atomic E-state index is 0.473. The molecule has 1 atom stereocenters. The summed E-state index contributed by atoms with van der Waals surface area (Å²) in [5, 5.41) is 3.72. The van der Waals surface area contributed by atoms with Crippen LogP contribution in [0, 0.1) is 11.3 Å². The summed E-state index contributed by atoms with van der Waals surface area (Å²) >= 11 is 5.80. The normalized spacial score (nSPS) is 22.5. The van der Waals surface area contributed by atoms with Crippen LogP contribution in [0.15, 0.2) is 12.1 Å². The molecule has 15 heavy (non-hydrogen) atoms. The number of nitrogens with two attached hydrogens (primary N) is 1. The number of hydrogen-bond donors (Lipinski definition) is 2. The third kappa shape index (κ3) is 2.34. The number of rotatable bonds is 3. The van der Waals surface area contributed by atoms with Crippen molar-refractivity contribution in [2.24, 2.45) is 11.3 Å². The van der Waals surface area contributed by atoms with Crippen molar-refractivity contribution in [2.75, 3.05) is 17.6 Å². The second-order valence-corrected chi connectivity index (χ2v) is 5.23. The van der Waals surface area contributed by atoms with E-state index in [2.05, 4.69) is 24.1 Å². The standard InChI is InChI=1S/C11H16ClN3/c1-11(2)5-7(11)6-14-10-8(13)3-4-9(12)15-10/h3-4,7H,5-6,13H2,1-2H3,(H,14,15). The molecule has 1 aromatic rings. The Kier molecular flexibility index (Phi) is 2.51. The van der Waals surface area contributed by atoms with E-state index >= 15 is 0 Å². The van der Waals surface area contributed by atoms with E-state index in [-0.39, 0.29) is 0 Å². The largest absolute Gasteiger partial charge is 0.396 e. The molecule has 0 aromatic carbocycles. The molecular weight excluding hydrogens is 210 g/mol. The van der Waals surface area contributed by atoms with E-state index in [1.165, 1.54) is 6.42 Å². The van der Waals surface area contributed by atoms with Crippen LogP contribution in [0.5, 0.6) is 0 Å². The summed E-state index contributed by atoms with van der Waals surface area (Å²) in [5.74, 6) is 1.42. The molecule has 2 rings (SSSR count). The van der Waals surface area contributed by atoms with Crippen LogP contribution in [0.3, 0.4) is 0 Å². The molecule has 1 aromatic heterocycles. The summed E-state index contributed by atoms with van der Waals surface area (Å²) in [5.41, 5.74) is 6.90. The van der Waals surface area contributed by atoms with Gasteiger partial charge in [-0.05, 0) is 29.9 Å². The fourth-order valence-corrected chi connectivity index (χ4v) is 1.88. The van der Waals surface area contributed by atoms with Crippen LogP contribution in [0.4, 0.5) is 11.5 Å². The maximum absolute atomic E-state index is 5.80. The molecule has 1 unspecified atom stereocenters. The minimum atomic E-state index is 0.473. The quantitative estimate of drug-likeness (QED) is 0.778. The van der Waals surface area contributed by atoms with Crippen LogP contribution in [-0.4, -0.2) is 11.5 Å². The Morgan fingerprint density at radius 1 is 1.60 bits per heavy atom. The van der Waals surface area contributed by atoms with Gasteiger partial charge in [0, 0.05) is 6.54 Å². The Morgan fingerprint density at radius 3 is 2.87 bits per heavy atom. The molecule has 0 aliphatic heterocycles. The van der Waals surface area contributed by atoms with E-state index in [0.29, 0.717) is 22.1 Å². The topological polar surface area (TPSA) is 50.9 Å². The molecule has 0 bridgehead atoms. The second kappa shape index (κ2) is 3.56. The van der Waals surface area contributed by atoms with Crippen molar-refractivity contribution in [1.82, 2.24) is 4.98 Å². The number of halogens is 1. The van der Waals surface area contributed by atoms with Crippen LogP contribution in [0.1, 0.15) is 20.3 Å². The van der Waals surface area contributed by atoms with Crippen LogP contribution >= 0.6 is 11.6 Å². The van der Waals surface area contributed by atoms with Gasteiger partial charge in [0.25, 0.3) is 0 Å². The molecule has 82 valence electrons. The zero-order chi connectivity index (χ0) is 11.1. The zero-order valence-corrected chi connectivity index (χ0v) is 9.80. The summed E-state index contributed by atoms with van der Waals surface area (Å²) in [6.45, 7) is 5.47. The van der Waals surface area contributed by atoms with Crippen molar-refractivity contribution in [3.8, 4) is 0 Å². The number of hydrogen-bond acceptors (Lipinski definition) is 3. The molecule has 0 spiro atoms. The lowest BCUT2D eigenvalue weighted by Crippen LogP contribution is -2.10. The summed E-state index contributed by atoms with van der Waals surface area (Å²) in [6, 6.07) is 3.47. The fourth-order valence-electron chi connectivity index (χ4n) is 1.73. The van der Waals surface area contributed by atoms with Crippen molar-refractivity contribution in [3.63, 3.8) is 0 Å². The Bertz CT molecular complexity index is 376. The number of anilines is 2. The first-order valence-electron chi connectivity index (χ1n) is 5.15. The molecule has 4 heteroatoms. The van der Waals surface area contributed by atoms with E-state index in [9.17, 15) is 0 Å². The highest BCUT2D eigenvalue weighted by Crippen LogP contribution is 2.51. The van der Waals surface area contributed by atoms with Crippen LogP contribution in [-0.2, 0) is 0 Å². The van der Waals surface area contributed by atoms with Gasteiger partial charge in [-0.3, -0.25) is 0 Å². The lowest BCUT2D eigenvalue weighted by Gasteiger charge is -2.09. The van der Waals surface area contributed by atoms with Gasteiger partial charge in [-0.25, -0.2) is 4.98 Å². The molecule has 0 radical (unpaired) electrons. The molecule has 1 aliphatic rings. The van der Waals surface area contributed by atoms with Crippen molar-refractivity contribution in [2.45, 2.75) is 20.3 Å². The molecule has 1 heterocycles. The molecule has 1 saturated carbocycles. The Morgan fingerprint density at radius 2 is 2.27 bits per heavy atom. The van der Waals surface area contributed by atoms with E-state index in [4.69, 9.17) is 17.3 Å².